The Labute approximate surface area is 168 Å². The molecule has 0 aliphatic carbocycles. The minimum absolute atomic E-state index is 0.305. The predicted octanol–water partition coefficient (Wildman–Crippen LogP) is 4.59. The van der Waals surface area contributed by atoms with E-state index in [-0.39, 0.29) is 0 Å². The van der Waals surface area contributed by atoms with Crippen molar-refractivity contribution in [3.63, 3.8) is 0 Å². The summed E-state index contributed by atoms with van der Waals surface area (Å²) in [4.78, 5) is 24.5. The molecule has 27 heavy (non-hydrogen) atoms. The van der Waals surface area contributed by atoms with Crippen molar-refractivity contribution in [1.82, 2.24) is 5.32 Å². The standard InChI is InChI=1S/C22H23BrN2O2/c1-3-13-22(14-4-2,17-9-6-5-7-10-17)16-24-20(26)21(27)25-19-12-8-11-18(23)15-19/h3-12,15H,1-2,13-14,16H2,(H,24,26)(H,25,27). The summed E-state index contributed by atoms with van der Waals surface area (Å²) >= 11 is 3.34. The highest BCUT2D eigenvalue weighted by Crippen LogP contribution is 2.32. The second-order valence-electron chi connectivity index (χ2n) is 6.28. The molecule has 2 N–H and O–H groups in total. The Morgan fingerprint density at radius 1 is 0.963 bits per heavy atom. The first-order chi connectivity index (χ1) is 13.0. The zero-order valence-electron chi connectivity index (χ0n) is 15.1. The average Bonchev–Trinajstić information content (AvgIpc) is 2.67. The van der Waals surface area contributed by atoms with E-state index in [4.69, 9.17) is 0 Å². The highest BCUT2D eigenvalue weighted by atomic mass is 79.9. The first-order valence-corrected chi connectivity index (χ1v) is 9.42. The Morgan fingerprint density at radius 3 is 2.22 bits per heavy atom. The van der Waals surface area contributed by atoms with Gasteiger partial charge in [-0.15, -0.1) is 13.2 Å². The van der Waals surface area contributed by atoms with Crippen LogP contribution in [0.3, 0.4) is 0 Å². The van der Waals surface area contributed by atoms with Crippen LogP contribution in [0.25, 0.3) is 0 Å². The van der Waals surface area contributed by atoms with E-state index in [0.29, 0.717) is 25.1 Å². The van der Waals surface area contributed by atoms with Crippen molar-refractivity contribution in [3.8, 4) is 0 Å². The molecule has 0 unspecified atom stereocenters. The maximum absolute atomic E-state index is 12.3. The molecular weight excluding hydrogens is 404 g/mol. The monoisotopic (exact) mass is 426 g/mol. The Hall–Kier alpha value is -2.66. The molecule has 0 fully saturated rings. The van der Waals surface area contributed by atoms with E-state index in [9.17, 15) is 9.59 Å². The number of allylic oxidation sites excluding steroid dienone is 2. The zero-order valence-corrected chi connectivity index (χ0v) is 16.7. The van der Waals surface area contributed by atoms with Crippen LogP contribution in [0.15, 0.2) is 84.4 Å². The maximum atomic E-state index is 12.3. The molecule has 0 radical (unpaired) electrons. The lowest BCUT2D eigenvalue weighted by molar-refractivity contribution is -0.136. The Morgan fingerprint density at radius 2 is 1.63 bits per heavy atom. The summed E-state index contributed by atoms with van der Waals surface area (Å²) < 4.78 is 0.820. The SMILES string of the molecule is C=CCC(CC=C)(CNC(=O)C(=O)Nc1cccc(Br)c1)c1ccccc1. The van der Waals surface area contributed by atoms with E-state index >= 15 is 0 Å². The molecule has 2 amide bonds. The second-order valence-corrected chi connectivity index (χ2v) is 7.19. The first-order valence-electron chi connectivity index (χ1n) is 8.63. The van der Waals surface area contributed by atoms with Crippen molar-refractivity contribution >= 4 is 33.4 Å². The number of hydrogen-bond donors (Lipinski definition) is 2. The molecule has 0 aliphatic rings. The van der Waals surface area contributed by atoms with Gasteiger partial charge in [0.05, 0.1) is 0 Å². The number of hydrogen-bond acceptors (Lipinski definition) is 2. The fourth-order valence-corrected chi connectivity index (χ4v) is 3.39. The third kappa shape index (κ3) is 5.66. The van der Waals surface area contributed by atoms with Crippen molar-refractivity contribution in [2.45, 2.75) is 18.3 Å². The van der Waals surface area contributed by atoms with E-state index in [0.717, 1.165) is 10.0 Å². The maximum Gasteiger partial charge on any atom is 0.313 e. The quantitative estimate of drug-likeness (QED) is 0.478. The molecule has 2 aromatic carbocycles. The fourth-order valence-electron chi connectivity index (χ4n) is 2.99. The van der Waals surface area contributed by atoms with Gasteiger partial charge in [-0.1, -0.05) is 64.5 Å². The molecule has 140 valence electrons. The number of benzene rings is 2. The van der Waals surface area contributed by atoms with Crippen molar-refractivity contribution in [2.24, 2.45) is 0 Å². The number of rotatable bonds is 8. The fraction of sp³-hybridized carbons (Fsp3) is 0.182. The van der Waals surface area contributed by atoms with Crippen LogP contribution in [0.2, 0.25) is 0 Å². The largest absolute Gasteiger partial charge is 0.347 e. The minimum atomic E-state index is -0.702. The summed E-state index contributed by atoms with van der Waals surface area (Å²) in [6.45, 7) is 8.00. The molecule has 2 aromatic rings. The summed E-state index contributed by atoms with van der Waals surface area (Å²) in [6.07, 6.45) is 4.95. The summed E-state index contributed by atoms with van der Waals surface area (Å²) in [5, 5.41) is 5.37. The molecule has 5 heteroatoms. The molecule has 0 heterocycles. The van der Waals surface area contributed by atoms with Gasteiger partial charge in [-0.25, -0.2) is 0 Å². The third-order valence-corrected chi connectivity index (χ3v) is 4.83. The zero-order chi connectivity index (χ0) is 19.7. The number of amides is 2. The molecule has 0 saturated heterocycles. The Bertz CT molecular complexity index is 808. The van der Waals surface area contributed by atoms with Gasteiger partial charge < -0.3 is 10.6 Å². The van der Waals surface area contributed by atoms with Gasteiger partial charge >= 0.3 is 11.8 Å². The summed E-state index contributed by atoms with van der Waals surface area (Å²) in [6, 6.07) is 17.0. The van der Waals surface area contributed by atoms with Gasteiger partial charge in [-0.2, -0.15) is 0 Å². The third-order valence-electron chi connectivity index (χ3n) is 4.33. The lowest BCUT2D eigenvalue weighted by Crippen LogP contribution is -2.44. The summed E-state index contributed by atoms with van der Waals surface area (Å²) in [7, 11) is 0. The second kappa shape index (κ2) is 9.88. The first kappa shape index (κ1) is 20.6. The van der Waals surface area contributed by atoms with Crippen molar-refractivity contribution < 1.29 is 9.59 Å². The molecular formula is C22H23BrN2O2. The van der Waals surface area contributed by atoms with Crippen molar-refractivity contribution in [2.75, 3.05) is 11.9 Å². The molecule has 0 aromatic heterocycles. The lowest BCUT2D eigenvalue weighted by Gasteiger charge is -2.33. The van der Waals surface area contributed by atoms with Gasteiger partial charge in [0, 0.05) is 22.1 Å². The molecule has 0 atom stereocenters. The van der Waals surface area contributed by atoms with E-state index in [1.165, 1.54) is 0 Å². The van der Waals surface area contributed by atoms with Crippen molar-refractivity contribution in [1.29, 1.82) is 0 Å². The number of carbonyl (C=O) groups is 2. The van der Waals surface area contributed by atoms with E-state index in [2.05, 4.69) is 39.7 Å². The molecule has 0 bridgehead atoms. The number of halogens is 1. The van der Waals surface area contributed by atoms with Gasteiger partial charge in [0.2, 0.25) is 0 Å². The van der Waals surface area contributed by atoms with Crippen LogP contribution < -0.4 is 10.6 Å². The molecule has 2 rings (SSSR count). The van der Waals surface area contributed by atoms with Crippen LogP contribution in [0.4, 0.5) is 5.69 Å². The van der Waals surface area contributed by atoms with Gasteiger partial charge in [-0.05, 0) is 36.6 Å². The lowest BCUT2D eigenvalue weighted by atomic mass is 9.74. The van der Waals surface area contributed by atoms with E-state index in [1.54, 1.807) is 18.2 Å². The number of nitrogens with one attached hydrogen (secondary N) is 2. The minimum Gasteiger partial charge on any atom is -0.347 e. The van der Waals surface area contributed by atoms with Gasteiger partial charge in [-0.3, -0.25) is 9.59 Å². The van der Waals surface area contributed by atoms with Gasteiger partial charge in [0.1, 0.15) is 0 Å². The molecule has 0 aliphatic heterocycles. The Balaban J connectivity index is 2.11. The van der Waals surface area contributed by atoms with Crippen LogP contribution in [-0.2, 0) is 15.0 Å². The van der Waals surface area contributed by atoms with Crippen molar-refractivity contribution in [3.05, 3.63) is 89.9 Å². The highest BCUT2D eigenvalue weighted by molar-refractivity contribution is 9.10. The summed E-state index contributed by atoms with van der Waals surface area (Å²) in [5.41, 5.74) is 1.23. The van der Waals surface area contributed by atoms with E-state index in [1.807, 2.05) is 48.6 Å². The average molecular weight is 427 g/mol. The van der Waals surface area contributed by atoms with Crippen LogP contribution in [0, 0.1) is 0 Å². The van der Waals surface area contributed by atoms with Crippen LogP contribution >= 0.6 is 15.9 Å². The van der Waals surface area contributed by atoms with Gasteiger partial charge in [0.25, 0.3) is 0 Å². The number of carbonyl (C=O) groups excluding carboxylic acids is 2. The highest BCUT2D eigenvalue weighted by Gasteiger charge is 2.31. The molecule has 0 spiro atoms. The smallest absolute Gasteiger partial charge is 0.313 e. The van der Waals surface area contributed by atoms with Crippen LogP contribution in [-0.4, -0.2) is 18.4 Å². The topological polar surface area (TPSA) is 58.2 Å². The summed E-state index contributed by atoms with van der Waals surface area (Å²) in [5.74, 6) is -1.38. The van der Waals surface area contributed by atoms with E-state index < -0.39 is 17.2 Å². The number of anilines is 1. The molecule has 0 saturated carbocycles. The predicted molar refractivity (Wildman–Crippen MR) is 114 cm³/mol. The normalized spacial score (nSPS) is 10.7. The Kier molecular flexibility index (Phi) is 7.55. The molecule has 4 nitrogen and oxygen atoms in total. The van der Waals surface area contributed by atoms with Crippen LogP contribution in [0.1, 0.15) is 18.4 Å². The van der Waals surface area contributed by atoms with Gasteiger partial charge in [0.15, 0.2) is 0 Å². The van der Waals surface area contributed by atoms with Crippen LogP contribution in [0.5, 0.6) is 0 Å².